The number of hydrogen-bond acceptors (Lipinski definition) is 3. The minimum atomic E-state index is 0.320. The van der Waals surface area contributed by atoms with Crippen LogP contribution in [0.3, 0.4) is 0 Å². The molecule has 4 nitrogen and oxygen atoms in total. The number of fused-ring (bicyclic) bond motifs is 2. The highest BCUT2D eigenvalue weighted by Gasteiger charge is 2.46. The zero-order valence-corrected chi connectivity index (χ0v) is 7.12. The van der Waals surface area contributed by atoms with Gasteiger partial charge in [-0.3, -0.25) is 0 Å². The summed E-state index contributed by atoms with van der Waals surface area (Å²) in [7, 11) is 2.15. The summed E-state index contributed by atoms with van der Waals surface area (Å²) in [4.78, 5) is 6.56. The molecule has 3 rings (SSSR count). The molecular weight excluding hydrogens is 152 g/mol. The summed E-state index contributed by atoms with van der Waals surface area (Å²) in [6.45, 7) is 3.33. The normalized spacial score (nSPS) is 25.1. The molecule has 1 N–H and O–H groups in total. The van der Waals surface area contributed by atoms with E-state index in [1.807, 2.05) is 6.20 Å². The number of rotatable bonds is 0. The molecule has 1 aromatic heterocycles. The van der Waals surface area contributed by atoms with Gasteiger partial charge in [0.1, 0.15) is 0 Å². The van der Waals surface area contributed by atoms with Crippen LogP contribution in [-0.4, -0.2) is 41.1 Å². The first kappa shape index (κ1) is 6.48. The van der Waals surface area contributed by atoms with Crippen LogP contribution in [0.25, 0.3) is 0 Å². The number of aromatic nitrogens is 2. The summed E-state index contributed by atoms with van der Waals surface area (Å²) in [6, 6.07) is 0. The summed E-state index contributed by atoms with van der Waals surface area (Å²) >= 11 is 0. The maximum Gasteiger partial charge on any atom is 0.203 e. The standard InChI is InChI=1S/C8H12N4/c1-11-5-8(6-11)4-10-7-9-2-3-12(7)8/h2-3H,4-6H2,1H3,(H,9,10). The summed E-state index contributed by atoms with van der Waals surface area (Å²) in [5.41, 5.74) is 0.320. The lowest BCUT2D eigenvalue weighted by atomic mass is 9.91. The van der Waals surface area contributed by atoms with Gasteiger partial charge < -0.3 is 14.8 Å². The second kappa shape index (κ2) is 1.82. The van der Waals surface area contributed by atoms with Gasteiger partial charge in [-0.25, -0.2) is 4.98 Å². The molecule has 0 radical (unpaired) electrons. The van der Waals surface area contributed by atoms with Crippen LogP contribution in [0, 0.1) is 0 Å². The highest BCUT2D eigenvalue weighted by atomic mass is 15.4. The van der Waals surface area contributed by atoms with Crippen molar-refractivity contribution >= 4 is 5.95 Å². The molecule has 3 heterocycles. The predicted molar refractivity (Wildman–Crippen MR) is 46.2 cm³/mol. The number of hydrogen-bond donors (Lipinski definition) is 1. The molecule has 64 valence electrons. The minimum absolute atomic E-state index is 0.320. The van der Waals surface area contributed by atoms with Crippen molar-refractivity contribution in [3.63, 3.8) is 0 Å². The van der Waals surface area contributed by atoms with E-state index < -0.39 is 0 Å². The molecule has 2 aliphatic rings. The van der Waals surface area contributed by atoms with E-state index >= 15 is 0 Å². The first-order valence-electron chi connectivity index (χ1n) is 4.26. The number of imidazole rings is 1. The molecule has 1 spiro atoms. The van der Waals surface area contributed by atoms with Gasteiger partial charge in [-0.1, -0.05) is 0 Å². The van der Waals surface area contributed by atoms with Gasteiger partial charge in [-0.05, 0) is 7.05 Å². The van der Waals surface area contributed by atoms with Crippen LogP contribution in [0.4, 0.5) is 5.95 Å². The molecule has 1 saturated heterocycles. The van der Waals surface area contributed by atoms with Gasteiger partial charge in [0.15, 0.2) is 0 Å². The van der Waals surface area contributed by atoms with E-state index in [0.717, 1.165) is 25.6 Å². The highest BCUT2D eigenvalue weighted by molar-refractivity contribution is 5.37. The first-order valence-corrected chi connectivity index (χ1v) is 4.26. The average molecular weight is 164 g/mol. The van der Waals surface area contributed by atoms with Gasteiger partial charge in [0.25, 0.3) is 0 Å². The van der Waals surface area contributed by atoms with Crippen molar-refractivity contribution < 1.29 is 0 Å². The highest BCUT2D eigenvalue weighted by Crippen LogP contribution is 2.34. The van der Waals surface area contributed by atoms with Gasteiger partial charge in [-0.2, -0.15) is 0 Å². The van der Waals surface area contributed by atoms with Crippen molar-refractivity contribution in [1.82, 2.24) is 14.5 Å². The number of likely N-dealkylation sites (N-methyl/N-ethyl adjacent to an activating group) is 1. The number of nitrogens with one attached hydrogen (secondary N) is 1. The van der Waals surface area contributed by atoms with Crippen LogP contribution in [0.5, 0.6) is 0 Å². The Morgan fingerprint density at radius 2 is 2.42 bits per heavy atom. The smallest absolute Gasteiger partial charge is 0.203 e. The molecule has 4 heteroatoms. The Kier molecular flexibility index (Phi) is 0.985. The van der Waals surface area contributed by atoms with E-state index in [-0.39, 0.29) is 0 Å². The Bertz CT molecular complexity index is 311. The molecule has 0 saturated carbocycles. The van der Waals surface area contributed by atoms with Crippen LogP contribution in [0.15, 0.2) is 12.4 Å². The fourth-order valence-corrected chi connectivity index (χ4v) is 2.37. The second-order valence-corrected chi connectivity index (χ2v) is 3.87. The molecule has 0 aromatic carbocycles. The van der Waals surface area contributed by atoms with E-state index in [1.165, 1.54) is 0 Å². The van der Waals surface area contributed by atoms with Crippen LogP contribution in [-0.2, 0) is 5.54 Å². The Morgan fingerprint density at radius 1 is 1.58 bits per heavy atom. The largest absolute Gasteiger partial charge is 0.353 e. The summed E-state index contributed by atoms with van der Waals surface area (Å²) in [5.74, 6) is 1.03. The maximum atomic E-state index is 4.23. The lowest BCUT2D eigenvalue weighted by molar-refractivity contribution is 0.0554. The first-order chi connectivity index (χ1) is 5.80. The van der Waals surface area contributed by atoms with E-state index in [0.29, 0.717) is 5.54 Å². The van der Waals surface area contributed by atoms with Crippen LogP contribution in [0.1, 0.15) is 0 Å². The van der Waals surface area contributed by atoms with Crippen molar-refractivity contribution in [1.29, 1.82) is 0 Å². The molecular formula is C8H12N4. The Hall–Kier alpha value is -1.03. The third kappa shape index (κ3) is 0.594. The van der Waals surface area contributed by atoms with E-state index in [2.05, 4.69) is 33.0 Å². The zero-order chi connectivity index (χ0) is 8.18. The lowest BCUT2D eigenvalue weighted by Crippen LogP contribution is -2.61. The third-order valence-electron chi connectivity index (χ3n) is 2.86. The van der Waals surface area contributed by atoms with Crippen molar-refractivity contribution in [2.75, 3.05) is 32.0 Å². The van der Waals surface area contributed by atoms with Gasteiger partial charge in [0, 0.05) is 32.0 Å². The lowest BCUT2D eigenvalue weighted by Gasteiger charge is -2.46. The summed E-state index contributed by atoms with van der Waals surface area (Å²) in [6.07, 6.45) is 3.93. The van der Waals surface area contributed by atoms with Crippen LogP contribution < -0.4 is 5.32 Å². The van der Waals surface area contributed by atoms with E-state index in [1.54, 1.807) is 0 Å². The van der Waals surface area contributed by atoms with Crippen LogP contribution in [0.2, 0.25) is 0 Å². The molecule has 0 bridgehead atoms. The number of anilines is 1. The van der Waals surface area contributed by atoms with Gasteiger partial charge >= 0.3 is 0 Å². The van der Waals surface area contributed by atoms with Crippen molar-refractivity contribution in [3.05, 3.63) is 12.4 Å². The Balaban J connectivity index is 2.02. The molecule has 0 atom stereocenters. The molecule has 2 aliphatic heterocycles. The quantitative estimate of drug-likeness (QED) is 0.583. The molecule has 0 unspecified atom stereocenters. The molecule has 12 heavy (non-hydrogen) atoms. The van der Waals surface area contributed by atoms with E-state index in [4.69, 9.17) is 0 Å². The molecule has 0 aliphatic carbocycles. The summed E-state index contributed by atoms with van der Waals surface area (Å²) in [5, 5.41) is 3.32. The average Bonchev–Trinajstić information content (AvgIpc) is 2.50. The predicted octanol–water partition coefficient (Wildman–Crippen LogP) is -0.0507. The van der Waals surface area contributed by atoms with Gasteiger partial charge in [0.2, 0.25) is 5.95 Å². The number of likely N-dealkylation sites (tertiary alicyclic amines) is 1. The van der Waals surface area contributed by atoms with Gasteiger partial charge in [-0.15, -0.1) is 0 Å². The molecule has 1 aromatic rings. The Morgan fingerprint density at radius 3 is 3.17 bits per heavy atom. The fraction of sp³-hybridized carbons (Fsp3) is 0.625. The molecule has 1 fully saturated rings. The number of nitrogens with zero attached hydrogens (tertiary/aromatic N) is 3. The third-order valence-corrected chi connectivity index (χ3v) is 2.86. The zero-order valence-electron chi connectivity index (χ0n) is 7.12. The van der Waals surface area contributed by atoms with E-state index in [9.17, 15) is 0 Å². The van der Waals surface area contributed by atoms with Crippen molar-refractivity contribution in [2.24, 2.45) is 0 Å². The van der Waals surface area contributed by atoms with Crippen molar-refractivity contribution in [2.45, 2.75) is 5.54 Å². The van der Waals surface area contributed by atoms with Gasteiger partial charge in [0.05, 0.1) is 5.54 Å². The monoisotopic (exact) mass is 164 g/mol. The minimum Gasteiger partial charge on any atom is -0.353 e. The summed E-state index contributed by atoms with van der Waals surface area (Å²) < 4.78 is 2.27. The molecule has 0 amide bonds. The fourth-order valence-electron chi connectivity index (χ4n) is 2.37. The second-order valence-electron chi connectivity index (χ2n) is 3.87. The topological polar surface area (TPSA) is 33.1 Å². The van der Waals surface area contributed by atoms with Crippen LogP contribution >= 0.6 is 0 Å². The SMILES string of the molecule is CN1CC2(CNc3nccn32)C1. The Labute approximate surface area is 71.2 Å². The van der Waals surface area contributed by atoms with Crippen molar-refractivity contribution in [3.8, 4) is 0 Å². The maximum absolute atomic E-state index is 4.23.